The first-order chi connectivity index (χ1) is 10.2. The van der Waals surface area contributed by atoms with Gasteiger partial charge in [0.1, 0.15) is 0 Å². The molecule has 0 aliphatic carbocycles. The zero-order valence-electron chi connectivity index (χ0n) is 11.4. The Hall–Kier alpha value is -2.34. The fourth-order valence-electron chi connectivity index (χ4n) is 1.63. The Morgan fingerprint density at radius 3 is 2.76 bits per heavy atom. The zero-order chi connectivity index (χ0) is 15.1. The van der Waals surface area contributed by atoms with Crippen molar-refractivity contribution in [2.24, 2.45) is 0 Å². The van der Waals surface area contributed by atoms with Crippen LogP contribution < -0.4 is 5.32 Å². The van der Waals surface area contributed by atoms with Gasteiger partial charge in [-0.05, 0) is 30.5 Å². The molecule has 0 unspecified atom stereocenters. The maximum absolute atomic E-state index is 11.8. The zero-order valence-corrected chi connectivity index (χ0v) is 12.2. The van der Waals surface area contributed by atoms with Gasteiger partial charge in [0.2, 0.25) is 0 Å². The number of ether oxygens (including phenoxy) is 1. The Labute approximate surface area is 126 Å². The molecule has 2 rings (SSSR count). The summed E-state index contributed by atoms with van der Waals surface area (Å²) in [6, 6.07) is 10.6. The van der Waals surface area contributed by atoms with Crippen molar-refractivity contribution in [3.05, 3.63) is 54.4 Å². The molecule has 1 heterocycles. The summed E-state index contributed by atoms with van der Waals surface area (Å²) in [6.45, 7) is -0.337. The molecule has 1 aromatic carbocycles. The molecule has 0 saturated carbocycles. The van der Waals surface area contributed by atoms with Crippen LogP contribution in [0.2, 0.25) is 0 Å². The highest BCUT2D eigenvalue weighted by Crippen LogP contribution is 2.24. The molecule has 0 saturated heterocycles. The molecule has 0 atom stereocenters. The number of benzene rings is 1. The number of para-hydroxylation sites is 1. The Balaban J connectivity index is 1.89. The number of nitrogens with zero attached hydrogens (tertiary/aromatic N) is 1. The van der Waals surface area contributed by atoms with E-state index in [1.165, 1.54) is 18.0 Å². The van der Waals surface area contributed by atoms with Crippen molar-refractivity contribution in [2.45, 2.75) is 4.90 Å². The average molecular weight is 302 g/mol. The quantitative estimate of drug-likeness (QED) is 0.679. The molecule has 2 aromatic rings. The molecule has 1 amide bonds. The lowest BCUT2D eigenvalue weighted by atomic mass is 10.3. The summed E-state index contributed by atoms with van der Waals surface area (Å²) in [7, 11) is 0. The number of aromatic nitrogens is 1. The van der Waals surface area contributed by atoms with Crippen LogP contribution >= 0.6 is 11.8 Å². The summed E-state index contributed by atoms with van der Waals surface area (Å²) in [4.78, 5) is 28.2. The summed E-state index contributed by atoms with van der Waals surface area (Å²) in [6.07, 6.45) is 4.87. The summed E-state index contributed by atoms with van der Waals surface area (Å²) < 4.78 is 4.94. The Kier molecular flexibility index (Phi) is 5.34. The number of esters is 1. The van der Waals surface area contributed by atoms with Gasteiger partial charge >= 0.3 is 5.97 Å². The number of carbonyl (C=O) groups excluding carboxylic acids is 2. The van der Waals surface area contributed by atoms with E-state index in [1.54, 1.807) is 24.4 Å². The highest BCUT2D eigenvalue weighted by Gasteiger charge is 2.11. The van der Waals surface area contributed by atoms with E-state index < -0.39 is 5.97 Å². The van der Waals surface area contributed by atoms with E-state index >= 15 is 0 Å². The summed E-state index contributed by atoms with van der Waals surface area (Å²) >= 11 is 1.53. The minimum absolute atomic E-state index is 0.315. The van der Waals surface area contributed by atoms with Crippen molar-refractivity contribution >= 4 is 29.3 Å². The van der Waals surface area contributed by atoms with Gasteiger partial charge in [-0.1, -0.05) is 12.1 Å². The maximum Gasteiger partial charge on any atom is 0.340 e. The predicted molar refractivity (Wildman–Crippen MR) is 81.4 cm³/mol. The predicted octanol–water partition coefficient (Wildman–Crippen LogP) is 2.60. The van der Waals surface area contributed by atoms with Gasteiger partial charge in [-0.15, -0.1) is 11.8 Å². The third kappa shape index (κ3) is 4.32. The molecular formula is C15H14N2O3S. The normalized spacial score (nSPS) is 9.95. The monoisotopic (exact) mass is 302 g/mol. The van der Waals surface area contributed by atoms with E-state index in [0.717, 1.165) is 4.90 Å². The fourth-order valence-corrected chi connectivity index (χ4v) is 2.19. The number of amides is 1. The van der Waals surface area contributed by atoms with Crippen molar-refractivity contribution in [3.8, 4) is 0 Å². The van der Waals surface area contributed by atoms with Gasteiger partial charge in [0.15, 0.2) is 6.61 Å². The highest BCUT2D eigenvalue weighted by atomic mass is 32.2. The Morgan fingerprint density at radius 2 is 2.05 bits per heavy atom. The van der Waals surface area contributed by atoms with Crippen LogP contribution in [0.5, 0.6) is 0 Å². The van der Waals surface area contributed by atoms with E-state index in [2.05, 4.69) is 10.3 Å². The smallest absolute Gasteiger partial charge is 0.340 e. The van der Waals surface area contributed by atoms with Gasteiger partial charge < -0.3 is 10.1 Å². The maximum atomic E-state index is 11.8. The molecule has 6 heteroatoms. The number of anilines is 1. The van der Waals surface area contributed by atoms with Gasteiger partial charge in [-0.2, -0.15) is 0 Å². The van der Waals surface area contributed by atoms with Crippen molar-refractivity contribution in [1.29, 1.82) is 0 Å². The van der Waals surface area contributed by atoms with Gasteiger partial charge in [-0.3, -0.25) is 9.78 Å². The number of carbonyl (C=O) groups is 2. The molecule has 0 aliphatic heterocycles. The van der Waals surface area contributed by atoms with Crippen LogP contribution in [0.1, 0.15) is 10.4 Å². The topological polar surface area (TPSA) is 68.3 Å². The van der Waals surface area contributed by atoms with Crippen LogP contribution in [0, 0.1) is 0 Å². The molecule has 108 valence electrons. The fraction of sp³-hybridized carbons (Fsp3) is 0.133. The molecule has 0 spiro atoms. The molecule has 0 fully saturated rings. The van der Waals surface area contributed by atoms with Crippen molar-refractivity contribution in [1.82, 2.24) is 4.98 Å². The van der Waals surface area contributed by atoms with Crippen LogP contribution in [0.3, 0.4) is 0 Å². The van der Waals surface area contributed by atoms with Gasteiger partial charge in [0, 0.05) is 17.3 Å². The molecule has 1 aromatic heterocycles. The number of pyridine rings is 1. The van der Waals surface area contributed by atoms with Crippen molar-refractivity contribution in [3.63, 3.8) is 0 Å². The summed E-state index contributed by atoms with van der Waals surface area (Å²) in [5.74, 6) is -0.954. The van der Waals surface area contributed by atoms with Crippen LogP contribution in [0.25, 0.3) is 0 Å². The largest absolute Gasteiger partial charge is 0.452 e. The van der Waals surface area contributed by atoms with Crippen LogP contribution in [-0.4, -0.2) is 29.7 Å². The Bertz CT molecular complexity index is 632. The van der Waals surface area contributed by atoms with E-state index in [9.17, 15) is 9.59 Å². The number of hydrogen-bond donors (Lipinski definition) is 1. The lowest BCUT2D eigenvalue weighted by Gasteiger charge is -2.09. The van der Waals surface area contributed by atoms with Gasteiger partial charge in [0.25, 0.3) is 5.91 Å². The van der Waals surface area contributed by atoms with Gasteiger partial charge in [0.05, 0.1) is 11.3 Å². The summed E-state index contributed by atoms with van der Waals surface area (Å²) in [5, 5.41) is 2.72. The molecule has 1 N–H and O–H groups in total. The van der Waals surface area contributed by atoms with E-state index in [1.807, 2.05) is 24.5 Å². The van der Waals surface area contributed by atoms with E-state index in [4.69, 9.17) is 4.74 Å². The molecule has 0 bridgehead atoms. The second-order valence-electron chi connectivity index (χ2n) is 4.07. The third-order valence-electron chi connectivity index (χ3n) is 2.61. The van der Waals surface area contributed by atoms with Crippen LogP contribution in [0.15, 0.2) is 53.7 Å². The molecule has 0 radical (unpaired) electrons. The summed E-state index contributed by atoms with van der Waals surface area (Å²) in [5.41, 5.74) is 1.02. The first kappa shape index (κ1) is 15.1. The van der Waals surface area contributed by atoms with E-state index in [0.29, 0.717) is 11.3 Å². The number of rotatable bonds is 5. The second kappa shape index (κ2) is 7.44. The number of nitrogens with one attached hydrogen (secondary N) is 1. The van der Waals surface area contributed by atoms with Crippen molar-refractivity contribution in [2.75, 3.05) is 18.2 Å². The third-order valence-corrected chi connectivity index (χ3v) is 3.41. The average Bonchev–Trinajstić information content (AvgIpc) is 2.54. The van der Waals surface area contributed by atoms with E-state index in [-0.39, 0.29) is 12.5 Å². The first-order valence-electron chi connectivity index (χ1n) is 6.20. The van der Waals surface area contributed by atoms with Gasteiger partial charge in [-0.25, -0.2) is 4.79 Å². The SMILES string of the molecule is CSc1ccccc1NC(=O)COC(=O)c1cccnc1. The van der Waals surface area contributed by atoms with Crippen LogP contribution in [0.4, 0.5) is 5.69 Å². The standard InChI is InChI=1S/C15H14N2O3S/c1-21-13-7-3-2-6-12(13)17-14(18)10-20-15(19)11-5-4-8-16-9-11/h2-9H,10H2,1H3,(H,17,18). The lowest BCUT2D eigenvalue weighted by Crippen LogP contribution is -2.21. The van der Waals surface area contributed by atoms with Crippen LogP contribution in [-0.2, 0) is 9.53 Å². The lowest BCUT2D eigenvalue weighted by molar-refractivity contribution is -0.119. The molecule has 0 aliphatic rings. The second-order valence-corrected chi connectivity index (χ2v) is 4.91. The number of thioether (sulfide) groups is 1. The molecular weight excluding hydrogens is 288 g/mol. The highest BCUT2D eigenvalue weighted by molar-refractivity contribution is 7.98. The number of hydrogen-bond acceptors (Lipinski definition) is 5. The minimum Gasteiger partial charge on any atom is -0.452 e. The first-order valence-corrected chi connectivity index (χ1v) is 7.43. The molecule has 21 heavy (non-hydrogen) atoms. The van der Waals surface area contributed by atoms with Crippen molar-refractivity contribution < 1.29 is 14.3 Å². The Morgan fingerprint density at radius 1 is 1.24 bits per heavy atom. The minimum atomic E-state index is -0.573. The molecule has 5 nitrogen and oxygen atoms in total.